The molecule has 0 amide bonds. The summed E-state index contributed by atoms with van der Waals surface area (Å²) in [5.74, 6) is -0.395. The molecule has 0 spiro atoms. The molecule has 90 valence electrons. The summed E-state index contributed by atoms with van der Waals surface area (Å²) < 4.78 is 0. The Morgan fingerprint density at radius 1 is 1.00 bits per heavy atom. The van der Waals surface area contributed by atoms with E-state index in [1.165, 1.54) is 12.3 Å². The highest BCUT2D eigenvalue weighted by atomic mass is 16.3. The standard InChI is InChI=1S/C13H11N3O2/c17-12-5-1-4-11(13(12)18)9-16-15-8-10-3-2-6-14-7-10/h1-9,17-18H/b15-8+,16-9+. The molecule has 0 radical (unpaired) electrons. The number of pyridine rings is 1. The molecule has 0 aliphatic heterocycles. The number of hydrogen-bond donors (Lipinski definition) is 2. The Balaban J connectivity index is 2.08. The molecule has 0 atom stereocenters. The topological polar surface area (TPSA) is 78.1 Å². The lowest BCUT2D eigenvalue weighted by atomic mass is 10.2. The second-order valence-electron chi connectivity index (χ2n) is 3.49. The molecule has 5 nitrogen and oxygen atoms in total. The molecule has 1 aromatic carbocycles. The van der Waals surface area contributed by atoms with Crippen molar-refractivity contribution >= 4 is 12.4 Å². The van der Waals surface area contributed by atoms with E-state index in [2.05, 4.69) is 15.2 Å². The van der Waals surface area contributed by atoms with Crippen molar-refractivity contribution in [3.63, 3.8) is 0 Å². The van der Waals surface area contributed by atoms with E-state index < -0.39 is 0 Å². The summed E-state index contributed by atoms with van der Waals surface area (Å²) in [5, 5.41) is 26.4. The van der Waals surface area contributed by atoms with E-state index in [-0.39, 0.29) is 11.5 Å². The molecule has 0 saturated carbocycles. The maximum absolute atomic E-state index is 9.51. The van der Waals surface area contributed by atoms with Crippen molar-refractivity contribution in [3.05, 3.63) is 53.9 Å². The Bertz CT molecular complexity index is 580. The molecule has 1 aromatic heterocycles. The normalized spacial score (nSPS) is 11.3. The maximum atomic E-state index is 9.51. The van der Waals surface area contributed by atoms with Crippen LogP contribution in [0.15, 0.2) is 52.9 Å². The van der Waals surface area contributed by atoms with Crippen LogP contribution in [-0.4, -0.2) is 27.6 Å². The first-order valence-corrected chi connectivity index (χ1v) is 5.25. The summed E-state index contributed by atoms with van der Waals surface area (Å²) in [4.78, 5) is 3.93. The molecule has 1 heterocycles. The lowest BCUT2D eigenvalue weighted by molar-refractivity contribution is 0.403. The minimum Gasteiger partial charge on any atom is -0.504 e. The maximum Gasteiger partial charge on any atom is 0.166 e. The third-order valence-corrected chi connectivity index (χ3v) is 2.20. The number of phenols is 2. The Hall–Kier alpha value is -2.69. The fourth-order valence-electron chi connectivity index (χ4n) is 1.30. The smallest absolute Gasteiger partial charge is 0.166 e. The van der Waals surface area contributed by atoms with Gasteiger partial charge in [-0.05, 0) is 18.2 Å². The molecule has 2 rings (SSSR count). The van der Waals surface area contributed by atoms with Crippen LogP contribution in [0.2, 0.25) is 0 Å². The van der Waals surface area contributed by atoms with Gasteiger partial charge in [0.1, 0.15) is 0 Å². The van der Waals surface area contributed by atoms with Gasteiger partial charge in [-0.25, -0.2) is 0 Å². The summed E-state index contributed by atoms with van der Waals surface area (Å²) in [6.45, 7) is 0. The number of nitrogens with zero attached hydrogens (tertiary/aromatic N) is 3. The van der Waals surface area contributed by atoms with Gasteiger partial charge in [0, 0.05) is 23.5 Å². The van der Waals surface area contributed by atoms with Crippen LogP contribution in [0.1, 0.15) is 11.1 Å². The monoisotopic (exact) mass is 241 g/mol. The van der Waals surface area contributed by atoms with E-state index in [1.807, 2.05) is 6.07 Å². The third-order valence-electron chi connectivity index (χ3n) is 2.20. The largest absolute Gasteiger partial charge is 0.504 e. The Morgan fingerprint density at radius 2 is 1.83 bits per heavy atom. The van der Waals surface area contributed by atoms with Crippen molar-refractivity contribution in [1.82, 2.24) is 4.98 Å². The Morgan fingerprint density at radius 3 is 2.61 bits per heavy atom. The lowest BCUT2D eigenvalue weighted by Gasteiger charge is -1.98. The zero-order chi connectivity index (χ0) is 12.8. The van der Waals surface area contributed by atoms with Crippen molar-refractivity contribution in [3.8, 4) is 11.5 Å². The van der Waals surface area contributed by atoms with Gasteiger partial charge in [0.2, 0.25) is 0 Å². The first kappa shape index (κ1) is 11.8. The van der Waals surface area contributed by atoms with E-state index in [9.17, 15) is 10.2 Å². The SMILES string of the molecule is Oc1cccc(/C=N/N=C/c2cccnc2)c1O. The van der Waals surface area contributed by atoms with Crippen molar-refractivity contribution in [1.29, 1.82) is 0 Å². The predicted octanol–water partition coefficient (Wildman–Crippen LogP) is 1.95. The van der Waals surface area contributed by atoms with Crippen molar-refractivity contribution in [2.75, 3.05) is 0 Å². The van der Waals surface area contributed by atoms with Crippen molar-refractivity contribution < 1.29 is 10.2 Å². The van der Waals surface area contributed by atoms with E-state index >= 15 is 0 Å². The zero-order valence-electron chi connectivity index (χ0n) is 9.43. The average molecular weight is 241 g/mol. The number of hydrogen-bond acceptors (Lipinski definition) is 5. The van der Waals surface area contributed by atoms with E-state index in [0.717, 1.165) is 5.56 Å². The van der Waals surface area contributed by atoms with Gasteiger partial charge in [-0.1, -0.05) is 12.1 Å². The van der Waals surface area contributed by atoms with Gasteiger partial charge in [0.05, 0.1) is 12.4 Å². The van der Waals surface area contributed by atoms with Gasteiger partial charge < -0.3 is 10.2 Å². The Labute approximate surface area is 104 Å². The molecular weight excluding hydrogens is 230 g/mol. The van der Waals surface area contributed by atoms with Gasteiger partial charge in [-0.2, -0.15) is 10.2 Å². The van der Waals surface area contributed by atoms with Crippen LogP contribution in [0.3, 0.4) is 0 Å². The average Bonchev–Trinajstić information content (AvgIpc) is 2.40. The molecule has 0 fully saturated rings. The van der Waals surface area contributed by atoms with Crippen LogP contribution in [0.4, 0.5) is 0 Å². The second-order valence-corrected chi connectivity index (χ2v) is 3.49. The van der Waals surface area contributed by atoms with Crippen LogP contribution in [0.25, 0.3) is 0 Å². The van der Waals surface area contributed by atoms with Gasteiger partial charge in [0.15, 0.2) is 11.5 Å². The highest BCUT2D eigenvalue weighted by molar-refractivity contribution is 5.85. The molecule has 0 unspecified atom stereocenters. The van der Waals surface area contributed by atoms with Crippen molar-refractivity contribution in [2.24, 2.45) is 10.2 Å². The Kier molecular flexibility index (Phi) is 3.66. The van der Waals surface area contributed by atoms with E-state index in [4.69, 9.17) is 0 Å². The minimum absolute atomic E-state index is 0.185. The molecular formula is C13H11N3O2. The first-order chi connectivity index (χ1) is 8.77. The molecule has 0 aliphatic rings. The molecule has 2 aromatic rings. The molecule has 0 aliphatic carbocycles. The van der Waals surface area contributed by atoms with Gasteiger partial charge in [-0.3, -0.25) is 4.98 Å². The highest BCUT2D eigenvalue weighted by Gasteiger charge is 2.01. The van der Waals surface area contributed by atoms with E-state index in [1.54, 1.807) is 36.8 Å². The van der Waals surface area contributed by atoms with Crippen LogP contribution in [-0.2, 0) is 0 Å². The summed E-state index contributed by atoms with van der Waals surface area (Å²) in [6.07, 6.45) is 6.24. The van der Waals surface area contributed by atoms with Crippen LogP contribution >= 0.6 is 0 Å². The van der Waals surface area contributed by atoms with Gasteiger partial charge >= 0.3 is 0 Å². The fourth-order valence-corrected chi connectivity index (χ4v) is 1.30. The van der Waals surface area contributed by atoms with Crippen LogP contribution in [0, 0.1) is 0 Å². The number of para-hydroxylation sites is 1. The summed E-state index contributed by atoms with van der Waals surface area (Å²) in [7, 11) is 0. The molecule has 2 N–H and O–H groups in total. The van der Waals surface area contributed by atoms with E-state index in [0.29, 0.717) is 5.56 Å². The zero-order valence-corrected chi connectivity index (χ0v) is 9.43. The molecule has 0 bridgehead atoms. The summed E-state index contributed by atoms with van der Waals surface area (Å²) in [6, 6.07) is 8.27. The minimum atomic E-state index is -0.210. The lowest BCUT2D eigenvalue weighted by Crippen LogP contribution is -1.83. The number of phenolic OH excluding ortho intramolecular Hbond substituents is 2. The number of benzene rings is 1. The first-order valence-electron chi connectivity index (χ1n) is 5.25. The quantitative estimate of drug-likeness (QED) is 0.489. The third kappa shape index (κ3) is 2.91. The molecule has 5 heteroatoms. The van der Waals surface area contributed by atoms with Crippen LogP contribution < -0.4 is 0 Å². The number of rotatable bonds is 3. The highest BCUT2D eigenvalue weighted by Crippen LogP contribution is 2.26. The molecule has 0 saturated heterocycles. The second kappa shape index (κ2) is 5.58. The van der Waals surface area contributed by atoms with Gasteiger partial charge in [-0.15, -0.1) is 0 Å². The van der Waals surface area contributed by atoms with Gasteiger partial charge in [0.25, 0.3) is 0 Å². The van der Waals surface area contributed by atoms with Crippen molar-refractivity contribution in [2.45, 2.75) is 0 Å². The summed E-state index contributed by atoms with van der Waals surface area (Å²) >= 11 is 0. The molecule has 18 heavy (non-hydrogen) atoms. The van der Waals surface area contributed by atoms with Crippen LogP contribution in [0.5, 0.6) is 11.5 Å². The number of aromatic hydroxyl groups is 2. The summed E-state index contributed by atoms with van der Waals surface area (Å²) in [5.41, 5.74) is 1.23. The fraction of sp³-hybridized carbons (Fsp3) is 0. The number of aromatic nitrogens is 1. The predicted molar refractivity (Wildman–Crippen MR) is 69.2 cm³/mol.